The van der Waals surface area contributed by atoms with Crippen molar-refractivity contribution >= 4 is 6.08 Å². The van der Waals surface area contributed by atoms with E-state index in [1.54, 1.807) is 10.9 Å². The van der Waals surface area contributed by atoms with Crippen LogP contribution in [0, 0.1) is 0 Å². The monoisotopic (exact) mass is 342 g/mol. The minimum absolute atomic E-state index is 0.0671. The number of aromatic nitrogens is 3. The van der Waals surface area contributed by atoms with Crippen LogP contribution in [0.25, 0.3) is 6.08 Å². The quantitative estimate of drug-likeness (QED) is 0.869. The lowest BCUT2D eigenvalue weighted by molar-refractivity contribution is 0.196. The van der Waals surface area contributed by atoms with Gasteiger partial charge in [0.15, 0.2) is 0 Å². The Morgan fingerprint density at radius 3 is 2.68 bits per heavy atom. The summed E-state index contributed by atoms with van der Waals surface area (Å²) in [5, 5.41) is 13.0. The van der Waals surface area contributed by atoms with Crippen LogP contribution >= 0.6 is 0 Å². The average molecular weight is 342 g/mol. The minimum atomic E-state index is -0.118. The molecule has 2 aromatic rings. The van der Waals surface area contributed by atoms with Gasteiger partial charge in [-0.2, -0.15) is 5.10 Å². The molecule has 1 saturated heterocycles. The largest absolute Gasteiger partial charge is 0.394 e. The second-order valence-corrected chi connectivity index (χ2v) is 6.68. The number of likely N-dealkylation sites (tertiary alicyclic amines) is 1. The van der Waals surface area contributed by atoms with Gasteiger partial charge in [-0.1, -0.05) is 42.0 Å². The average Bonchev–Trinajstić information content (AvgIpc) is 2.98. The highest BCUT2D eigenvalue weighted by Gasteiger charge is 2.22. The highest BCUT2D eigenvalue weighted by atomic mass is 16.3. The second kappa shape index (κ2) is 8.27. The van der Waals surface area contributed by atoms with Crippen molar-refractivity contribution in [3.05, 3.63) is 58.3 Å². The first-order chi connectivity index (χ1) is 12.2. The number of piperidine rings is 1. The summed E-state index contributed by atoms with van der Waals surface area (Å²) in [5.74, 6) is 0. The summed E-state index contributed by atoms with van der Waals surface area (Å²) in [5.41, 5.74) is 2.46. The normalized spacial score (nSPS) is 17.1. The molecule has 0 atom stereocenters. The van der Waals surface area contributed by atoms with Crippen molar-refractivity contribution in [2.75, 3.05) is 26.2 Å². The molecule has 25 heavy (non-hydrogen) atoms. The summed E-state index contributed by atoms with van der Waals surface area (Å²) in [6.07, 6.45) is 5.74. The van der Waals surface area contributed by atoms with Gasteiger partial charge in [0, 0.05) is 25.7 Å². The van der Waals surface area contributed by atoms with Crippen LogP contribution in [0.5, 0.6) is 0 Å². The summed E-state index contributed by atoms with van der Waals surface area (Å²) in [6, 6.07) is 10.6. The number of aliphatic hydroxyl groups is 1. The standard InChI is InChI=1S/C19H26N4O2/c1-16(13-17-5-3-2-4-6-17)14-21-9-7-18(8-10-21)22-15-20-23(11-12-24)19(22)25/h2-6,13,15,18,24H,7-12,14H2,1H3. The first-order valence-corrected chi connectivity index (χ1v) is 8.87. The van der Waals surface area contributed by atoms with Crippen molar-refractivity contribution in [1.82, 2.24) is 19.2 Å². The fraction of sp³-hybridized carbons (Fsp3) is 0.474. The number of aliphatic hydroxyl groups excluding tert-OH is 1. The molecular weight excluding hydrogens is 316 g/mol. The smallest absolute Gasteiger partial charge is 0.346 e. The molecule has 0 radical (unpaired) electrons. The van der Waals surface area contributed by atoms with Crippen LogP contribution in [0.1, 0.15) is 31.4 Å². The number of benzene rings is 1. The maximum atomic E-state index is 12.3. The van der Waals surface area contributed by atoms with Gasteiger partial charge in [0.25, 0.3) is 0 Å². The van der Waals surface area contributed by atoms with E-state index in [1.165, 1.54) is 15.8 Å². The molecule has 6 nitrogen and oxygen atoms in total. The molecule has 0 aliphatic carbocycles. The van der Waals surface area contributed by atoms with Gasteiger partial charge in [-0.25, -0.2) is 9.48 Å². The van der Waals surface area contributed by atoms with Gasteiger partial charge in [0.2, 0.25) is 0 Å². The van der Waals surface area contributed by atoms with Crippen LogP contribution < -0.4 is 5.69 Å². The van der Waals surface area contributed by atoms with Gasteiger partial charge in [-0.05, 0) is 25.3 Å². The van der Waals surface area contributed by atoms with E-state index < -0.39 is 0 Å². The van der Waals surface area contributed by atoms with Gasteiger partial charge < -0.3 is 5.11 Å². The minimum Gasteiger partial charge on any atom is -0.394 e. The number of nitrogens with zero attached hydrogens (tertiary/aromatic N) is 4. The molecule has 0 spiro atoms. The lowest BCUT2D eigenvalue weighted by atomic mass is 10.0. The number of hydrogen-bond acceptors (Lipinski definition) is 4. The Morgan fingerprint density at radius 1 is 1.28 bits per heavy atom. The lowest BCUT2D eigenvalue weighted by Crippen LogP contribution is -2.38. The molecule has 1 aliphatic rings. The summed E-state index contributed by atoms with van der Waals surface area (Å²) in [4.78, 5) is 14.7. The molecule has 2 heterocycles. The van der Waals surface area contributed by atoms with Crippen molar-refractivity contribution in [3.63, 3.8) is 0 Å². The van der Waals surface area contributed by atoms with E-state index in [-0.39, 0.29) is 24.9 Å². The van der Waals surface area contributed by atoms with E-state index >= 15 is 0 Å². The van der Waals surface area contributed by atoms with E-state index in [1.807, 2.05) is 6.07 Å². The maximum absolute atomic E-state index is 12.3. The van der Waals surface area contributed by atoms with E-state index in [9.17, 15) is 4.79 Å². The molecule has 1 aromatic carbocycles. The maximum Gasteiger partial charge on any atom is 0.346 e. The van der Waals surface area contributed by atoms with Gasteiger partial charge in [0.1, 0.15) is 6.33 Å². The zero-order valence-corrected chi connectivity index (χ0v) is 14.7. The molecule has 0 saturated carbocycles. The molecule has 0 unspecified atom stereocenters. The van der Waals surface area contributed by atoms with Crippen molar-refractivity contribution in [1.29, 1.82) is 0 Å². The van der Waals surface area contributed by atoms with Crippen LogP contribution in [-0.4, -0.2) is 50.6 Å². The molecule has 3 rings (SSSR count). The summed E-state index contributed by atoms with van der Waals surface area (Å²) >= 11 is 0. The van der Waals surface area contributed by atoms with Crippen LogP contribution in [0.15, 0.2) is 47.0 Å². The fourth-order valence-electron chi connectivity index (χ4n) is 3.44. The predicted octanol–water partition coefficient (Wildman–Crippen LogP) is 1.78. The summed E-state index contributed by atoms with van der Waals surface area (Å²) in [6.45, 7) is 5.27. The zero-order chi connectivity index (χ0) is 17.6. The third-order valence-corrected chi connectivity index (χ3v) is 4.71. The van der Waals surface area contributed by atoms with Gasteiger partial charge >= 0.3 is 5.69 Å². The highest BCUT2D eigenvalue weighted by molar-refractivity contribution is 5.52. The van der Waals surface area contributed by atoms with E-state index in [2.05, 4.69) is 47.3 Å². The molecule has 0 bridgehead atoms. The number of rotatable bonds is 6. The van der Waals surface area contributed by atoms with Gasteiger partial charge in [-0.3, -0.25) is 9.47 Å². The number of hydrogen-bond donors (Lipinski definition) is 1. The summed E-state index contributed by atoms with van der Waals surface area (Å²) in [7, 11) is 0. The third kappa shape index (κ3) is 4.46. The molecule has 134 valence electrons. The fourth-order valence-corrected chi connectivity index (χ4v) is 3.44. The van der Waals surface area contributed by atoms with E-state index in [0.717, 1.165) is 32.5 Å². The summed E-state index contributed by atoms with van der Waals surface area (Å²) < 4.78 is 3.05. The van der Waals surface area contributed by atoms with Crippen molar-refractivity contribution in [3.8, 4) is 0 Å². The Labute approximate surface area is 148 Å². The van der Waals surface area contributed by atoms with Crippen molar-refractivity contribution in [2.24, 2.45) is 0 Å². The molecule has 1 N–H and O–H groups in total. The molecule has 0 amide bonds. The second-order valence-electron chi connectivity index (χ2n) is 6.68. The van der Waals surface area contributed by atoms with Crippen molar-refractivity contribution in [2.45, 2.75) is 32.4 Å². The Hall–Kier alpha value is -2.18. The topological polar surface area (TPSA) is 63.3 Å². The zero-order valence-electron chi connectivity index (χ0n) is 14.7. The Balaban J connectivity index is 1.55. The highest BCUT2D eigenvalue weighted by Crippen LogP contribution is 2.21. The Kier molecular flexibility index (Phi) is 5.83. The Morgan fingerprint density at radius 2 is 2.00 bits per heavy atom. The first kappa shape index (κ1) is 17.6. The van der Waals surface area contributed by atoms with E-state index in [4.69, 9.17) is 5.11 Å². The molecule has 1 aliphatic heterocycles. The van der Waals surface area contributed by atoms with Crippen LogP contribution in [0.4, 0.5) is 0 Å². The molecular formula is C19H26N4O2. The van der Waals surface area contributed by atoms with Crippen molar-refractivity contribution < 1.29 is 5.11 Å². The van der Waals surface area contributed by atoms with Crippen LogP contribution in [-0.2, 0) is 6.54 Å². The van der Waals surface area contributed by atoms with Crippen LogP contribution in [0.3, 0.4) is 0 Å². The lowest BCUT2D eigenvalue weighted by Gasteiger charge is -2.32. The molecule has 1 aromatic heterocycles. The third-order valence-electron chi connectivity index (χ3n) is 4.71. The SMILES string of the molecule is CC(=Cc1ccccc1)CN1CCC(n2cnn(CCO)c2=O)CC1. The van der Waals surface area contributed by atoms with Crippen LogP contribution in [0.2, 0.25) is 0 Å². The van der Waals surface area contributed by atoms with E-state index in [0.29, 0.717) is 0 Å². The first-order valence-electron chi connectivity index (χ1n) is 8.87. The predicted molar refractivity (Wildman–Crippen MR) is 98.4 cm³/mol. The molecule has 6 heteroatoms. The Bertz CT molecular complexity index is 755. The molecule has 1 fully saturated rings. The van der Waals surface area contributed by atoms with Gasteiger partial charge in [-0.15, -0.1) is 0 Å². The van der Waals surface area contributed by atoms with Gasteiger partial charge in [0.05, 0.1) is 13.2 Å².